The average molecular weight is 1250 g/mol. The van der Waals surface area contributed by atoms with Gasteiger partial charge in [0.25, 0.3) is 27.8 Å². The number of carboxylic acid groups (broad SMARTS) is 1. The number of fused-ring (bicyclic) bond motifs is 2. The van der Waals surface area contributed by atoms with Gasteiger partial charge in [0.1, 0.15) is 5.82 Å². The van der Waals surface area contributed by atoms with Crippen molar-refractivity contribution in [1.82, 2.24) is 29.5 Å². The van der Waals surface area contributed by atoms with Crippen molar-refractivity contribution in [3.05, 3.63) is 101 Å². The number of imide groups is 1. The topological polar surface area (TPSA) is 290 Å². The van der Waals surface area contributed by atoms with E-state index in [-0.39, 0.29) is 110 Å². The van der Waals surface area contributed by atoms with Crippen molar-refractivity contribution in [1.29, 1.82) is 0 Å². The molecule has 1 spiro atoms. The summed E-state index contributed by atoms with van der Waals surface area (Å²) >= 11 is 1.41. The first kappa shape index (κ1) is 63.0. The molecule has 0 saturated heterocycles. The molecule has 0 radical (unpaired) electrons. The van der Waals surface area contributed by atoms with Crippen LogP contribution in [0.4, 0.5) is 10.9 Å². The Morgan fingerprint density at radius 2 is 1.41 bits per heavy atom. The lowest BCUT2D eigenvalue weighted by Gasteiger charge is -3.02. The van der Waals surface area contributed by atoms with Gasteiger partial charge in [-0.3, -0.25) is 38.6 Å². The van der Waals surface area contributed by atoms with Crippen LogP contribution in [0, 0.1) is 28.6 Å². The van der Waals surface area contributed by atoms with E-state index >= 15 is 0 Å². The summed E-state index contributed by atoms with van der Waals surface area (Å²) in [5.41, 5.74) is 4.49. The molecule has 6 aliphatic rings. The Morgan fingerprint density at radius 1 is 0.750 bits per heavy atom. The van der Waals surface area contributed by atoms with Crippen LogP contribution in [-0.2, 0) is 77.2 Å². The van der Waals surface area contributed by atoms with Gasteiger partial charge in [0.2, 0.25) is 5.91 Å². The zero-order valence-electron chi connectivity index (χ0n) is 49.9. The van der Waals surface area contributed by atoms with Gasteiger partial charge >= 0.3 is 5.97 Å². The highest BCUT2D eigenvalue weighted by atomic mass is 32.2. The van der Waals surface area contributed by atoms with Crippen LogP contribution < -0.4 is 10.2 Å². The maximum absolute atomic E-state index is 13.8. The van der Waals surface area contributed by atoms with Crippen molar-refractivity contribution in [3.8, 4) is 11.1 Å². The fourth-order valence-corrected chi connectivity index (χ4v) is 17.5. The van der Waals surface area contributed by atoms with E-state index in [0.29, 0.717) is 107 Å². The molecule has 2 aromatic carbocycles. The number of hydrogen-bond acceptors (Lipinski definition) is 19. The molecule has 11 rings (SSSR count). The van der Waals surface area contributed by atoms with Crippen molar-refractivity contribution < 1.29 is 75.2 Å². The molecule has 0 bridgehead atoms. The third-order valence-corrected chi connectivity index (χ3v) is 20.4. The smallest absolute Gasteiger partial charge is 0.355 e. The van der Waals surface area contributed by atoms with E-state index in [1.165, 1.54) is 28.4 Å². The number of carboxylic acids is 1. The van der Waals surface area contributed by atoms with E-state index in [0.717, 1.165) is 57.6 Å². The molecule has 3 N–H and O–H groups in total. The second-order valence-electron chi connectivity index (χ2n) is 24.2. The Kier molecular flexibility index (Phi) is 18.7. The summed E-state index contributed by atoms with van der Waals surface area (Å²) in [5.74, 6) is -2.54. The lowest BCUT2D eigenvalue weighted by molar-refractivity contribution is -0.570. The second-order valence-corrected chi connectivity index (χ2v) is 26.8. The van der Waals surface area contributed by atoms with Crippen molar-refractivity contribution in [2.75, 3.05) is 128 Å². The highest BCUT2D eigenvalue weighted by Gasteiger charge is 3.02. The van der Waals surface area contributed by atoms with Crippen LogP contribution in [0.25, 0.3) is 21.3 Å². The molecule has 3 aromatic heterocycles. The summed E-state index contributed by atoms with van der Waals surface area (Å²) in [7, 11) is -4.36. The molecule has 5 unspecified atom stereocenters. The first-order chi connectivity index (χ1) is 42.3. The number of para-hydroxylation sites is 1. The molecular formula is C62H76N8O16S2. The van der Waals surface area contributed by atoms with Gasteiger partial charge in [-0.15, -0.1) is 0 Å². The SMILES string of the molecule is Cc1c(-c2ccc(N3CCc4cccc(C(=O)Nc5nc6ccccc6s5)c4C3)nc2C(=O)O)cnn1CC12CC3(C)CC4(C)CC(OCCN(CCS(=O)(=O)O)C(=O)CCOCCOCCOCCOCCOCCOCCN5C(=O)C=CC5=O)(C1)C342. The van der Waals surface area contributed by atoms with Crippen LogP contribution in [0.2, 0.25) is 0 Å². The number of anilines is 2. The van der Waals surface area contributed by atoms with Crippen LogP contribution >= 0.6 is 11.3 Å². The summed E-state index contributed by atoms with van der Waals surface area (Å²) in [6, 6.07) is 17.1. The third-order valence-electron chi connectivity index (χ3n) is 18.8. The highest BCUT2D eigenvalue weighted by Crippen LogP contribution is 3.03. The maximum Gasteiger partial charge on any atom is 0.355 e. The van der Waals surface area contributed by atoms with Crippen LogP contribution in [0.3, 0.4) is 0 Å². The number of hydrogen-bond donors (Lipinski definition) is 3. The minimum atomic E-state index is -4.36. The fourth-order valence-electron chi connectivity index (χ4n) is 16.2. The normalized spacial score (nSPS) is 23.9. The van der Waals surface area contributed by atoms with Gasteiger partial charge in [-0.1, -0.05) is 49.4 Å². The van der Waals surface area contributed by atoms with Gasteiger partial charge in [0.05, 0.1) is 127 Å². The van der Waals surface area contributed by atoms with Crippen LogP contribution in [0.15, 0.2) is 72.9 Å². The zero-order valence-corrected chi connectivity index (χ0v) is 51.5. The predicted molar refractivity (Wildman–Crippen MR) is 323 cm³/mol. The minimum Gasteiger partial charge on any atom is -0.476 e. The monoisotopic (exact) mass is 1250 g/mol. The summed E-state index contributed by atoms with van der Waals surface area (Å²) in [6.45, 7) is 12.2. The molecule has 5 heterocycles. The Bertz CT molecular complexity index is 3540. The molecule has 4 saturated carbocycles. The standard InChI is InChI=1S/C62H76N8O16S2/c1-42-46(44-11-12-50(65-54(44)56(75)76)68-17-15-43-7-6-8-45(47(43)36-68)55(74)66-57-64-48-9-4-5-10-49(48)87-57)35-63-70(42)41-60-38-58(2)37-59(3)39-61(40-60,62(58,59)60)86-23-18-67(20-34-88(77,78)79)51(71)16-21-80-24-26-82-28-30-84-32-33-85-31-29-83-27-25-81-22-19-69-52(72)13-14-53(69)73/h4-14,35H,15-34,36-41H2,1-3H3,(H,75,76)(H,64,66,74)(H,77,78,79). The van der Waals surface area contributed by atoms with Crippen LogP contribution in [0.1, 0.15) is 83.6 Å². The zero-order chi connectivity index (χ0) is 61.9. The van der Waals surface area contributed by atoms with Crippen LogP contribution in [-0.4, -0.2) is 201 Å². The van der Waals surface area contributed by atoms with Gasteiger partial charge in [-0.05, 0) is 91.3 Å². The number of nitrogens with zero attached hydrogens (tertiary/aromatic N) is 7. The van der Waals surface area contributed by atoms with E-state index in [1.54, 1.807) is 18.3 Å². The molecule has 26 heteroatoms. The van der Waals surface area contributed by atoms with E-state index in [1.807, 2.05) is 59.0 Å². The largest absolute Gasteiger partial charge is 0.476 e. The summed E-state index contributed by atoms with van der Waals surface area (Å²) < 4.78 is 76.4. The molecule has 5 atom stereocenters. The number of thiazole rings is 1. The Balaban J connectivity index is 0.621. The number of carbonyl (C=O) groups is 5. The van der Waals surface area contributed by atoms with E-state index < -0.39 is 27.4 Å². The van der Waals surface area contributed by atoms with Crippen molar-refractivity contribution >= 4 is 72.2 Å². The van der Waals surface area contributed by atoms with Crippen molar-refractivity contribution in [2.24, 2.45) is 21.7 Å². The van der Waals surface area contributed by atoms with Crippen molar-refractivity contribution in [3.63, 3.8) is 0 Å². The van der Waals surface area contributed by atoms with Gasteiger partial charge < -0.3 is 48.1 Å². The van der Waals surface area contributed by atoms with E-state index in [2.05, 4.69) is 24.1 Å². The first-order valence-corrected chi connectivity index (χ1v) is 32.4. The van der Waals surface area contributed by atoms with E-state index in [9.17, 15) is 42.0 Å². The number of amides is 4. The number of aromatic carboxylic acids is 1. The van der Waals surface area contributed by atoms with Crippen molar-refractivity contribution in [2.45, 2.75) is 78.0 Å². The fraction of sp³-hybridized carbons (Fsp3) is 0.548. The number of aromatic nitrogens is 4. The third kappa shape index (κ3) is 12.3. The Hall–Kier alpha value is -6.59. The maximum atomic E-state index is 13.8. The number of pyridine rings is 1. The summed E-state index contributed by atoms with van der Waals surface area (Å²) in [4.78, 5) is 77.3. The summed E-state index contributed by atoms with van der Waals surface area (Å²) in [5, 5.41) is 19.1. The van der Waals surface area contributed by atoms with Crippen LogP contribution in [0.5, 0.6) is 0 Å². The molecule has 4 amide bonds. The molecular weight excluding hydrogens is 1180 g/mol. The molecule has 2 aliphatic heterocycles. The predicted octanol–water partition coefficient (Wildman–Crippen LogP) is 5.86. The quantitative estimate of drug-likeness (QED) is 0.0243. The van der Waals surface area contributed by atoms with Gasteiger partial charge in [0, 0.05) is 78.1 Å². The molecule has 88 heavy (non-hydrogen) atoms. The first-order valence-electron chi connectivity index (χ1n) is 30.0. The van der Waals surface area contributed by atoms with E-state index in [4.69, 9.17) is 43.2 Å². The highest BCUT2D eigenvalue weighted by molar-refractivity contribution is 7.85. The number of carbonyl (C=O) groups excluding carboxylic acids is 4. The lowest BCUT2D eigenvalue weighted by atomic mass is 9.03. The number of rotatable bonds is 35. The molecule has 5 aromatic rings. The molecule has 24 nitrogen and oxygen atoms in total. The van der Waals surface area contributed by atoms with Gasteiger partial charge in [-0.25, -0.2) is 14.8 Å². The number of benzene rings is 2. The van der Waals surface area contributed by atoms with Gasteiger partial charge in [0.15, 0.2) is 10.8 Å². The molecule has 4 fully saturated rings. The number of nitrogens with one attached hydrogen (secondary N) is 1. The molecule has 472 valence electrons. The summed E-state index contributed by atoms with van der Waals surface area (Å²) in [6.07, 6.45) is 8.54. The Morgan fingerprint density at radius 3 is 2.06 bits per heavy atom. The Labute approximate surface area is 514 Å². The van der Waals surface area contributed by atoms with Gasteiger partial charge in [-0.2, -0.15) is 13.5 Å². The lowest BCUT2D eigenvalue weighted by Crippen LogP contribution is -3.01. The molecule has 4 aliphatic carbocycles. The second kappa shape index (κ2) is 26.1. The average Bonchev–Trinajstić information content (AvgIpc) is 0.593. The minimum absolute atomic E-state index is 0.00646. The number of ether oxygens (including phenoxy) is 7.